The zero-order chi connectivity index (χ0) is 57.1. The predicted molar refractivity (Wildman–Crippen MR) is 290 cm³/mol. The number of benzene rings is 4. The topological polar surface area (TPSA) is 317 Å². The number of hydrogen-bond donors (Lipinski definition) is 11. The average Bonchev–Trinajstić information content (AvgIpc) is 4.02. The summed E-state index contributed by atoms with van der Waals surface area (Å²) in [5.74, 6) is -6.54. The van der Waals surface area contributed by atoms with Gasteiger partial charge in [-0.05, 0) is 97.3 Å². The van der Waals surface area contributed by atoms with Crippen LogP contribution >= 0.6 is 0 Å². The fourth-order valence-electron chi connectivity index (χ4n) is 10.2. The monoisotopic (exact) mass is 1090 g/mol. The zero-order valence-electron chi connectivity index (χ0n) is 44.8. The van der Waals surface area contributed by atoms with Crippen LogP contribution in [0, 0.1) is 5.92 Å². The Hall–Kier alpha value is -7.43. The molecule has 3 unspecified atom stereocenters. The highest BCUT2D eigenvalue weighted by atomic mass is 16.5. The van der Waals surface area contributed by atoms with Gasteiger partial charge < -0.3 is 71.8 Å². The number of aromatic hydroxyl groups is 1. The van der Waals surface area contributed by atoms with Crippen LogP contribution in [0.5, 0.6) is 11.5 Å². The summed E-state index contributed by atoms with van der Waals surface area (Å²) in [6.45, 7) is 6.05. The summed E-state index contributed by atoms with van der Waals surface area (Å²) >= 11 is 0. The van der Waals surface area contributed by atoms with Gasteiger partial charge in [-0.3, -0.25) is 33.6 Å². The molecule has 11 N–H and O–H groups in total. The molecule has 3 heterocycles. The molecule has 7 amide bonds. The number of nitrogens with one attached hydrogen (secondary N) is 5. The molecule has 21 nitrogen and oxygen atoms in total. The lowest BCUT2D eigenvalue weighted by Crippen LogP contribution is -2.64. The second-order valence-electron chi connectivity index (χ2n) is 20.9. The number of fused-ring (bicyclic) bond motifs is 2. The Kier molecular flexibility index (Phi) is 20.2. The van der Waals surface area contributed by atoms with Gasteiger partial charge in [-0.1, -0.05) is 87.4 Å². The third-order valence-corrected chi connectivity index (χ3v) is 14.7. The molecular weight excluding hydrogens is 1020 g/mol. The predicted octanol–water partition coefficient (Wildman–Crippen LogP) is 1.29. The Bertz CT molecular complexity index is 2760. The van der Waals surface area contributed by atoms with Crippen LogP contribution in [0.15, 0.2) is 97.1 Å². The van der Waals surface area contributed by atoms with Crippen molar-refractivity contribution in [2.75, 3.05) is 26.2 Å². The summed E-state index contributed by atoms with van der Waals surface area (Å²) in [5.41, 5.74) is 4.27. The number of aliphatic hydroxyl groups excluding tert-OH is 5. The number of ether oxygens (including phenoxy) is 1. The molecule has 3 aliphatic heterocycles. The average molecular weight is 1090 g/mol. The minimum Gasteiger partial charge on any atom is -0.508 e. The normalized spacial score (nSPS) is 25.8. The molecule has 4 aromatic rings. The summed E-state index contributed by atoms with van der Waals surface area (Å²) in [4.78, 5) is 102. The van der Waals surface area contributed by atoms with Crippen molar-refractivity contribution >= 4 is 41.4 Å². The smallest absolute Gasteiger partial charge is 0.251 e. The van der Waals surface area contributed by atoms with Gasteiger partial charge in [-0.2, -0.15) is 0 Å². The molecule has 79 heavy (non-hydrogen) atoms. The van der Waals surface area contributed by atoms with Crippen molar-refractivity contribution in [2.24, 2.45) is 5.92 Å². The first-order chi connectivity index (χ1) is 37.7. The van der Waals surface area contributed by atoms with E-state index in [-0.39, 0.29) is 50.1 Å². The number of carbonyl (C=O) groups excluding carboxylic acids is 7. The minimum absolute atomic E-state index is 0.0103. The van der Waals surface area contributed by atoms with Gasteiger partial charge in [0.1, 0.15) is 47.8 Å². The fourth-order valence-corrected chi connectivity index (χ4v) is 10.2. The number of rotatable bonds is 14. The Balaban J connectivity index is 1.13. The molecule has 21 heteroatoms. The quantitative estimate of drug-likeness (QED) is 0.0794. The third-order valence-electron chi connectivity index (χ3n) is 14.7. The molecule has 0 aromatic heterocycles. The van der Waals surface area contributed by atoms with Crippen LogP contribution in [0.4, 0.5) is 0 Å². The van der Waals surface area contributed by atoms with Crippen LogP contribution in [-0.4, -0.2) is 175 Å². The molecule has 3 aliphatic rings. The highest BCUT2D eigenvalue weighted by molar-refractivity contribution is 6.00. The lowest BCUT2D eigenvalue weighted by molar-refractivity contribution is -0.147. The van der Waals surface area contributed by atoms with Crippen molar-refractivity contribution in [1.29, 1.82) is 0 Å². The maximum absolute atomic E-state index is 14.4. The summed E-state index contributed by atoms with van der Waals surface area (Å²) in [5, 5.41) is 78.4. The van der Waals surface area contributed by atoms with Crippen molar-refractivity contribution in [1.82, 2.24) is 36.4 Å². The molecule has 3 saturated heterocycles. The van der Waals surface area contributed by atoms with Gasteiger partial charge >= 0.3 is 0 Å². The van der Waals surface area contributed by atoms with Gasteiger partial charge in [0.05, 0.1) is 37.1 Å². The molecule has 0 radical (unpaired) electrons. The maximum atomic E-state index is 14.4. The van der Waals surface area contributed by atoms with E-state index in [4.69, 9.17) is 4.74 Å². The highest BCUT2D eigenvalue weighted by Gasteiger charge is 2.49. The SMILES string of the molecule is CCCCCOc1ccc(-c2ccc(-c3ccc(C(=O)NC4CCCNC(=O)[C@@H]5[C@@H](O)[C@@H](C)CN5C(=O)[C@H](C(C)O)NC(=O)[C@H]([C@H](O)Cc5ccc(O)cc5)NC(=O)[C@@H]5C[C@@H](O)CN5C(=O)[C@H](C(C)O)NC4=O)cc3)cc2)cc1. The van der Waals surface area contributed by atoms with E-state index < -0.39 is 121 Å². The Morgan fingerprint density at radius 2 is 1.23 bits per heavy atom. The van der Waals surface area contributed by atoms with Gasteiger partial charge in [0.25, 0.3) is 5.91 Å². The molecule has 7 rings (SSSR count). The van der Waals surface area contributed by atoms with Crippen LogP contribution in [0.3, 0.4) is 0 Å². The first kappa shape index (κ1) is 59.2. The van der Waals surface area contributed by atoms with Crippen molar-refractivity contribution < 1.29 is 68.9 Å². The molecule has 0 spiro atoms. The third kappa shape index (κ3) is 14.8. The highest BCUT2D eigenvalue weighted by Crippen LogP contribution is 2.29. The second kappa shape index (κ2) is 27.0. The van der Waals surface area contributed by atoms with E-state index in [1.54, 1.807) is 31.2 Å². The first-order valence-corrected chi connectivity index (χ1v) is 27.0. The zero-order valence-corrected chi connectivity index (χ0v) is 44.8. The number of nitrogens with zero attached hydrogens (tertiary/aromatic N) is 2. The number of hydrogen-bond acceptors (Lipinski definition) is 14. The van der Waals surface area contributed by atoms with Crippen molar-refractivity contribution in [2.45, 2.75) is 139 Å². The van der Waals surface area contributed by atoms with Gasteiger partial charge in [0.2, 0.25) is 35.4 Å². The second-order valence-corrected chi connectivity index (χ2v) is 20.9. The maximum Gasteiger partial charge on any atom is 0.251 e. The molecule has 0 aliphatic carbocycles. The molecular formula is C58H73N7O14. The fraction of sp³-hybridized carbons (Fsp3) is 0.466. The minimum atomic E-state index is -1.91. The van der Waals surface area contributed by atoms with E-state index in [1.807, 2.05) is 48.5 Å². The lowest BCUT2D eigenvalue weighted by Gasteiger charge is -2.33. The van der Waals surface area contributed by atoms with Crippen molar-refractivity contribution in [3.63, 3.8) is 0 Å². The molecule has 3 fully saturated rings. The summed E-state index contributed by atoms with van der Waals surface area (Å²) in [6, 6.07) is 18.1. The number of aliphatic hydroxyl groups is 5. The summed E-state index contributed by atoms with van der Waals surface area (Å²) in [6.07, 6.45) is -5.29. The first-order valence-electron chi connectivity index (χ1n) is 27.0. The Labute approximate surface area is 458 Å². The lowest BCUT2D eigenvalue weighted by atomic mass is 9.99. The van der Waals surface area contributed by atoms with Crippen LogP contribution in [0.2, 0.25) is 0 Å². The molecule has 0 bridgehead atoms. The van der Waals surface area contributed by atoms with E-state index in [0.717, 1.165) is 57.1 Å². The molecule has 424 valence electrons. The van der Waals surface area contributed by atoms with Gasteiger partial charge in [0.15, 0.2) is 0 Å². The van der Waals surface area contributed by atoms with Gasteiger partial charge in [-0.25, -0.2) is 0 Å². The van der Waals surface area contributed by atoms with E-state index in [2.05, 4.69) is 33.5 Å². The van der Waals surface area contributed by atoms with E-state index in [1.165, 1.54) is 38.1 Å². The summed E-state index contributed by atoms with van der Waals surface area (Å²) < 4.78 is 5.86. The number of phenolic OH excluding ortho intramolecular Hbond substituents is 1. The van der Waals surface area contributed by atoms with E-state index in [9.17, 15) is 64.2 Å². The number of carbonyl (C=O) groups is 7. The van der Waals surface area contributed by atoms with Crippen molar-refractivity contribution in [3.05, 3.63) is 108 Å². The Morgan fingerprint density at radius 1 is 0.684 bits per heavy atom. The standard InChI is InChI=1S/C58H73N7O14/c1-5-6-7-27-79-43-24-20-39(21-25-43)37-14-12-36(13-15-37)38-16-18-40(19-17-38)52(72)60-44-9-8-26-59-56(76)50-51(71)32(2)30-65(50)58(78)48(34(4)67)62-55(75)49(46(70)28-35-10-22-41(68)23-11-35)63-54(74)45-29-42(69)31-64(45)57(77)47(33(3)66)61-53(44)73/h10-25,32-34,42,44-51,66-71H,5-9,26-31H2,1-4H3,(H,59,76)(H,60,72)(H,61,73)(H,62,75)(H,63,74)/t32-,33?,34?,42+,44?,45-,46+,47-,48-,49-,50-,51-/m0/s1. The van der Waals surface area contributed by atoms with E-state index in [0.29, 0.717) is 12.2 Å². The van der Waals surface area contributed by atoms with Crippen LogP contribution in [0.25, 0.3) is 22.3 Å². The van der Waals surface area contributed by atoms with Crippen molar-refractivity contribution in [3.8, 4) is 33.8 Å². The van der Waals surface area contributed by atoms with Crippen LogP contribution in [0.1, 0.15) is 82.1 Å². The Morgan fingerprint density at radius 3 is 1.81 bits per heavy atom. The number of unbranched alkanes of at least 4 members (excludes halogenated alkanes) is 2. The number of amides is 7. The number of phenols is 1. The van der Waals surface area contributed by atoms with Crippen LogP contribution < -0.4 is 31.3 Å². The van der Waals surface area contributed by atoms with Crippen LogP contribution in [-0.2, 0) is 35.2 Å². The molecule has 12 atom stereocenters. The van der Waals surface area contributed by atoms with Gasteiger partial charge in [0, 0.05) is 44.0 Å². The van der Waals surface area contributed by atoms with Gasteiger partial charge in [-0.15, -0.1) is 0 Å². The molecule has 4 aromatic carbocycles. The van der Waals surface area contributed by atoms with E-state index >= 15 is 0 Å². The largest absolute Gasteiger partial charge is 0.508 e. The molecule has 0 saturated carbocycles. The summed E-state index contributed by atoms with van der Waals surface area (Å²) in [7, 11) is 0.